The molecule has 5 heteroatoms. The summed E-state index contributed by atoms with van der Waals surface area (Å²) in [5, 5.41) is 10.8. The van der Waals surface area contributed by atoms with Crippen LogP contribution in [0.25, 0.3) is 0 Å². The molecular weight excluding hydrogens is 190 g/mol. The number of aromatic nitrogens is 1. The summed E-state index contributed by atoms with van der Waals surface area (Å²) in [7, 11) is 0. The minimum atomic E-state index is 0.601. The number of nitrogens with zero attached hydrogens (tertiary/aromatic N) is 2. The fraction of sp³-hybridized carbons (Fsp3) is 0.429. The van der Waals surface area contributed by atoms with E-state index in [1.165, 1.54) is 11.3 Å². The van der Waals surface area contributed by atoms with E-state index in [2.05, 4.69) is 11.1 Å². The zero-order chi connectivity index (χ0) is 8.81. The number of anilines is 1. The number of nitriles is 1. The van der Waals surface area contributed by atoms with Crippen molar-refractivity contribution in [1.29, 1.82) is 5.26 Å². The molecule has 3 nitrogen and oxygen atoms in total. The van der Waals surface area contributed by atoms with Crippen LogP contribution >= 0.6 is 23.1 Å². The zero-order valence-electron chi connectivity index (χ0n) is 6.49. The highest BCUT2D eigenvalue weighted by Gasteiger charge is 1.97. The lowest BCUT2D eigenvalue weighted by atomic mass is 10.6. The Kier molecular flexibility index (Phi) is 3.91. The Bertz CT molecular complexity index is 276. The Balaban J connectivity index is 2.21. The predicted molar refractivity (Wildman–Crippen MR) is 52.9 cm³/mol. The third kappa shape index (κ3) is 3.11. The molecule has 1 heterocycles. The van der Waals surface area contributed by atoms with Crippen LogP contribution in [0.1, 0.15) is 12.1 Å². The van der Waals surface area contributed by atoms with Gasteiger partial charge in [0.25, 0.3) is 0 Å². The van der Waals surface area contributed by atoms with Crippen molar-refractivity contribution in [3.63, 3.8) is 0 Å². The first-order valence-corrected chi connectivity index (χ1v) is 5.51. The molecule has 1 rings (SSSR count). The Labute approximate surface area is 79.6 Å². The smallest absolute Gasteiger partial charge is 0.180 e. The second-order valence-corrected chi connectivity index (χ2v) is 4.13. The summed E-state index contributed by atoms with van der Waals surface area (Å²) in [6, 6.07) is 2.10. The molecule has 1 aromatic heterocycles. The zero-order valence-corrected chi connectivity index (χ0v) is 8.12. The number of thioether (sulfide) groups is 1. The number of hydrogen-bond donors (Lipinski definition) is 1. The minimum absolute atomic E-state index is 0.601. The van der Waals surface area contributed by atoms with Crippen LogP contribution in [0.4, 0.5) is 5.13 Å². The molecule has 0 aliphatic carbocycles. The topological polar surface area (TPSA) is 62.7 Å². The molecule has 0 spiro atoms. The molecule has 0 aliphatic rings. The molecule has 0 saturated carbocycles. The summed E-state index contributed by atoms with van der Waals surface area (Å²) < 4.78 is 0. The molecule has 0 radical (unpaired) electrons. The van der Waals surface area contributed by atoms with Gasteiger partial charge in [-0.05, 0) is 0 Å². The maximum atomic E-state index is 8.27. The summed E-state index contributed by atoms with van der Waals surface area (Å²) in [4.78, 5) is 4.10. The maximum Gasteiger partial charge on any atom is 0.180 e. The summed E-state index contributed by atoms with van der Waals surface area (Å²) in [6.45, 7) is 0. The largest absolute Gasteiger partial charge is 0.375 e. The van der Waals surface area contributed by atoms with Crippen LogP contribution in [-0.4, -0.2) is 10.7 Å². The van der Waals surface area contributed by atoms with Crippen LogP contribution in [-0.2, 0) is 5.75 Å². The Morgan fingerprint density at radius 1 is 1.75 bits per heavy atom. The van der Waals surface area contributed by atoms with Gasteiger partial charge >= 0.3 is 0 Å². The highest BCUT2D eigenvalue weighted by atomic mass is 32.2. The molecule has 0 amide bonds. The van der Waals surface area contributed by atoms with Crippen LogP contribution in [0.2, 0.25) is 0 Å². The van der Waals surface area contributed by atoms with Crippen molar-refractivity contribution in [3.05, 3.63) is 11.1 Å². The molecule has 2 N–H and O–H groups in total. The molecule has 0 fully saturated rings. The lowest BCUT2D eigenvalue weighted by Crippen LogP contribution is -1.85. The van der Waals surface area contributed by atoms with E-state index in [1.54, 1.807) is 11.8 Å². The predicted octanol–water partition coefficient (Wildman–Crippen LogP) is 1.87. The molecule has 0 aromatic carbocycles. The second kappa shape index (κ2) is 5.01. The molecule has 0 unspecified atom stereocenters. The molecule has 12 heavy (non-hydrogen) atoms. The van der Waals surface area contributed by atoms with Gasteiger partial charge in [-0.3, -0.25) is 0 Å². The van der Waals surface area contributed by atoms with Gasteiger partial charge in [0.05, 0.1) is 11.8 Å². The maximum absolute atomic E-state index is 8.27. The van der Waals surface area contributed by atoms with Crippen molar-refractivity contribution in [2.75, 3.05) is 11.5 Å². The fourth-order valence-corrected chi connectivity index (χ4v) is 2.09. The van der Waals surface area contributed by atoms with E-state index in [9.17, 15) is 0 Å². The van der Waals surface area contributed by atoms with E-state index in [4.69, 9.17) is 11.0 Å². The number of hydrogen-bond acceptors (Lipinski definition) is 5. The van der Waals surface area contributed by atoms with Crippen LogP contribution in [0.3, 0.4) is 0 Å². The highest BCUT2D eigenvalue weighted by Crippen LogP contribution is 2.16. The normalized spacial score (nSPS) is 9.58. The molecule has 0 aliphatic heterocycles. The Hall–Kier alpha value is -0.730. The van der Waals surface area contributed by atoms with Crippen LogP contribution < -0.4 is 5.73 Å². The van der Waals surface area contributed by atoms with Gasteiger partial charge in [0.15, 0.2) is 5.13 Å². The van der Waals surface area contributed by atoms with Crippen molar-refractivity contribution in [3.8, 4) is 6.07 Å². The van der Waals surface area contributed by atoms with Gasteiger partial charge in [0.2, 0.25) is 0 Å². The van der Waals surface area contributed by atoms with Gasteiger partial charge in [-0.25, -0.2) is 4.98 Å². The van der Waals surface area contributed by atoms with Gasteiger partial charge in [-0.2, -0.15) is 17.0 Å². The van der Waals surface area contributed by atoms with E-state index in [0.29, 0.717) is 11.6 Å². The van der Waals surface area contributed by atoms with Gasteiger partial charge < -0.3 is 5.73 Å². The molecule has 0 atom stereocenters. The number of nitrogen functional groups attached to an aromatic ring is 1. The first-order chi connectivity index (χ1) is 5.83. The van der Waals surface area contributed by atoms with Gasteiger partial charge in [0, 0.05) is 23.3 Å². The highest BCUT2D eigenvalue weighted by molar-refractivity contribution is 7.98. The van der Waals surface area contributed by atoms with E-state index in [0.717, 1.165) is 17.2 Å². The third-order valence-electron chi connectivity index (χ3n) is 1.18. The lowest BCUT2D eigenvalue weighted by Gasteiger charge is -1.92. The third-order valence-corrected chi connectivity index (χ3v) is 2.89. The summed E-state index contributed by atoms with van der Waals surface area (Å²) in [5.41, 5.74) is 6.47. The van der Waals surface area contributed by atoms with Crippen molar-refractivity contribution in [2.24, 2.45) is 0 Å². The molecule has 0 saturated heterocycles. The van der Waals surface area contributed by atoms with Crippen LogP contribution in [0, 0.1) is 11.3 Å². The number of nitrogens with two attached hydrogens (primary N) is 1. The number of rotatable bonds is 4. The summed E-state index contributed by atoms with van der Waals surface area (Å²) in [6.07, 6.45) is 0.601. The molecule has 1 aromatic rings. The monoisotopic (exact) mass is 199 g/mol. The Morgan fingerprint density at radius 2 is 2.58 bits per heavy atom. The van der Waals surface area contributed by atoms with E-state index < -0.39 is 0 Å². The summed E-state index contributed by atoms with van der Waals surface area (Å²) in [5.74, 6) is 1.73. The van der Waals surface area contributed by atoms with Crippen LogP contribution in [0.5, 0.6) is 0 Å². The van der Waals surface area contributed by atoms with Crippen molar-refractivity contribution >= 4 is 28.2 Å². The van der Waals surface area contributed by atoms with Crippen molar-refractivity contribution in [1.82, 2.24) is 4.98 Å². The van der Waals surface area contributed by atoms with E-state index in [1.807, 2.05) is 5.38 Å². The average Bonchev–Trinajstić information content (AvgIpc) is 2.45. The molecular formula is C7H9N3S2. The fourth-order valence-electron chi connectivity index (χ4n) is 0.683. The van der Waals surface area contributed by atoms with Crippen molar-refractivity contribution < 1.29 is 0 Å². The lowest BCUT2D eigenvalue weighted by molar-refractivity contribution is 1.21. The molecule has 64 valence electrons. The van der Waals surface area contributed by atoms with Crippen molar-refractivity contribution in [2.45, 2.75) is 12.2 Å². The summed E-state index contributed by atoms with van der Waals surface area (Å²) >= 11 is 3.17. The van der Waals surface area contributed by atoms with Gasteiger partial charge in [0.1, 0.15) is 0 Å². The second-order valence-electron chi connectivity index (χ2n) is 2.14. The van der Waals surface area contributed by atoms with Gasteiger partial charge in [-0.15, -0.1) is 11.3 Å². The average molecular weight is 199 g/mol. The van der Waals surface area contributed by atoms with Crippen LogP contribution in [0.15, 0.2) is 5.38 Å². The van der Waals surface area contributed by atoms with E-state index in [-0.39, 0.29) is 0 Å². The van der Waals surface area contributed by atoms with Gasteiger partial charge in [-0.1, -0.05) is 0 Å². The first kappa shape index (κ1) is 9.36. The minimum Gasteiger partial charge on any atom is -0.375 e. The van der Waals surface area contributed by atoms with E-state index >= 15 is 0 Å². The number of thiazole rings is 1. The quantitative estimate of drug-likeness (QED) is 0.752. The molecule has 0 bridgehead atoms. The Morgan fingerprint density at radius 3 is 3.17 bits per heavy atom. The SMILES string of the molecule is N#CCCSCc1csc(N)n1. The standard InChI is InChI=1S/C7H9N3S2/c8-2-1-3-11-4-6-5-12-7(9)10-6/h5H,1,3-4H2,(H2,9,10). The first-order valence-electron chi connectivity index (χ1n) is 3.47.